The molecular weight excluding hydrogens is 457 g/mol. The first-order chi connectivity index (χ1) is 16.8. The molecule has 1 atom stereocenters. The second-order valence-corrected chi connectivity index (χ2v) is 10.3. The van der Waals surface area contributed by atoms with E-state index in [1.54, 1.807) is 12.3 Å². The van der Waals surface area contributed by atoms with Crippen molar-refractivity contribution in [1.82, 2.24) is 5.32 Å². The first-order valence-corrected chi connectivity index (χ1v) is 13.1. The van der Waals surface area contributed by atoms with Crippen LogP contribution in [0.2, 0.25) is 0 Å². The normalized spacial score (nSPS) is 24.1. The molecule has 1 saturated heterocycles. The Bertz CT molecular complexity index is 1170. The van der Waals surface area contributed by atoms with Crippen LogP contribution in [-0.2, 0) is 12.8 Å². The maximum atomic E-state index is 14.7. The molecule has 35 heavy (non-hydrogen) atoms. The molecule has 1 unspecified atom stereocenters. The van der Waals surface area contributed by atoms with Gasteiger partial charge in [0.25, 0.3) is 0 Å². The summed E-state index contributed by atoms with van der Waals surface area (Å²) < 4.78 is 14.7. The maximum Gasteiger partial charge on any atom is 0.121 e. The van der Waals surface area contributed by atoms with Crippen molar-refractivity contribution in [2.75, 3.05) is 11.4 Å². The molecule has 0 spiro atoms. The molecule has 2 fully saturated rings. The van der Waals surface area contributed by atoms with Gasteiger partial charge in [0.15, 0.2) is 0 Å². The minimum absolute atomic E-state index is 0.0956. The van der Waals surface area contributed by atoms with Crippen LogP contribution in [0.25, 0.3) is 0 Å². The Morgan fingerprint density at radius 1 is 1.26 bits per heavy atom. The first kappa shape index (κ1) is 25.5. The van der Waals surface area contributed by atoms with Crippen molar-refractivity contribution in [1.29, 1.82) is 0 Å². The van der Waals surface area contributed by atoms with Crippen molar-refractivity contribution in [2.24, 2.45) is 16.8 Å². The van der Waals surface area contributed by atoms with Crippen molar-refractivity contribution in [3.8, 4) is 0 Å². The lowest BCUT2D eigenvalue weighted by molar-refractivity contribution is 0.483. The standard InChI is InChI=1S/C30H37ClFN3/c1-7-26(31)25-17-35(20(6)34-29(25)19(5)21-10-11-21)28-16-24-15-23(13-12-22(24)14-18(28)4)30(33-9-3)27(32)8-2/h7,9,14,16,21,23,34H,1,6,8,10-13,15,17H2,2-5H3/b26-25+,29-19-,30-27+,33-9?. The molecule has 0 radical (unpaired) electrons. The van der Waals surface area contributed by atoms with Crippen LogP contribution in [0.1, 0.15) is 63.1 Å². The number of aryl methyl sites for hydroxylation is 2. The van der Waals surface area contributed by atoms with Gasteiger partial charge in [-0.05, 0) is 93.5 Å². The third-order valence-electron chi connectivity index (χ3n) is 7.55. The third kappa shape index (κ3) is 5.18. The number of hydrogen-bond donors (Lipinski definition) is 1. The van der Waals surface area contributed by atoms with Gasteiger partial charge in [0, 0.05) is 34.1 Å². The molecule has 1 aromatic carbocycles. The zero-order valence-electron chi connectivity index (χ0n) is 21.5. The predicted molar refractivity (Wildman–Crippen MR) is 147 cm³/mol. The Morgan fingerprint density at radius 2 is 2.00 bits per heavy atom. The fraction of sp³-hybridized carbons (Fsp3) is 0.433. The number of nitrogens with one attached hydrogen (secondary N) is 1. The Kier molecular flexibility index (Phi) is 7.70. The Hall–Kier alpha value is -2.59. The highest BCUT2D eigenvalue weighted by Gasteiger charge is 2.32. The zero-order chi connectivity index (χ0) is 25.3. The Morgan fingerprint density at radius 3 is 2.63 bits per heavy atom. The Labute approximate surface area is 214 Å². The van der Waals surface area contributed by atoms with Crippen molar-refractivity contribution in [2.45, 2.75) is 66.2 Å². The third-order valence-corrected chi connectivity index (χ3v) is 7.93. The minimum Gasteiger partial charge on any atom is -0.342 e. The van der Waals surface area contributed by atoms with Crippen LogP contribution in [0, 0.1) is 18.8 Å². The maximum absolute atomic E-state index is 14.7. The van der Waals surface area contributed by atoms with Crippen LogP contribution in [0.3, 0.4) is 0 Å². The van der Waals surface area contributed by atoms with Crippen LogP contribution < -0.4 is 10.2 Å². The molecule has 3 aliphatic rings. The molecule has 186 valence electrons. The minimum atomic E-state index is -0.100. The summed E-state index contributed by atoms with van der Waals surface area (Å²) in [5.74, 6) is 1.47. The summed E-state index contributed by atoms with van der Waals surface area (Å²) >= 11 is 6.67. The second-order valence-electron chi connectivity index (χ2n) is 9.90. The lowest BCUT2D eigenvalue weighted by Crippen LogP contribution is -2.40. The molecule has 5 heteroatoms. The van der Waals surface area contributed by atoms with Crippen molar-refractivity contribution in [3.05, 3.63) is 87.3 Å². The number of allylic oxidation sites excluding steroid dienone is 5. The van der Waals surface area contributed by atoms with Gasteiger partial charge in [0.1, 0.15) is 11.6 Å². The Balaban J connectivity index is 1.69. The van der Waals surface area contributed by atoms with Gasteiger partial charge >= 0.3 is 0 Å². The van der Waals surface area contributed by atoms with Gasteiger partial charge < -0.3 is 10.2 Å². The fourth-order valence-electron chi connectivity index (χ4n) is 5.39. The molecule has 4 rings (SSSR count). The molecule has 0 amide bonds. The monoisotopic (exact) mass is 493 g/mol. The SMILES string of the molecule is C=C/C(Cl)=C1/CN(c2cc3c(cc2C)CCC(/C(N=CC)=C(\F)CC)C3)C(=C)N/C1=C(/C)C1CC1. The summed E-state index contributed by atoms with van der Waals surface area (Å²) in [5, 5.41) is 4.24. The van der Waals surface area contributed by atoms with Crippen LogP contribution in [-0.4, -0.2) is 12.8 Å². The van der Waals surface area contributed by atoms with Crippen molar-refractivity contribution in [3.63, 3.8) is 0 Å². The molecule has 1 saturated carbocycles. The quantitative estimate of drug-likeness (QED) is 0.406. The molecule has 1 aromatic rings. The van der Waals surface area contributed by atoms with Crippen molar-refractivity contribution >= 4 is 23.5 Å². The highest BCUT2D eigenvalue weighted by atomic mass is 35.5. The number of aliphatic imine (C=N–C) groups is 1. The van der Waals surface area contributed by atoms with E-state index in [4.69, 9.17) is 11.6 Å². The summed E-state index contributed by atoms with van der Waals surface area (Å²) in [5.41, 5.74) is 9.03. The first-order valence-electron chi connectivity index (χ1n) is 12.7. The number of fused-ring (bicyclic) bond motifs is 1. The lowest BCUT2D eigenvalue weighted by Gasteiger charge is -2.38. The lowest BCUT2D eigenvalue weighted by atomic mass is 9.80. The van der Waals surface area contributed by atoms with Gasteiger partial charge in [-0.25, -0.2) is 4.39 Å². The number of benzene rings is 1. The van der Waals surface area contributed by atoms with Gasteiger partial charge in [0.05, 0.1) is 12.2 Å². The zero-order valence-corrected chi connectivity index (χ0v) is 22.2. The number of nitrogens with zero attached hydrogens (tertiary/aromatic N) is 2. The van der Waals surface area contributed by atoms with E-state index in [9.17, 15) is 4.39 Å². The predicted octanol–water partition coefficient (Wildman–Crippen LogP) is 8.03. The van der Waals surface area contributed by atoms with Crippen LogP contribution >= 0.6 is 11.6 Å². The number of rotatable bonds is 6. The molecule has 0 bridgehead atoms. The van der Waals surface area contributed by atoms with E-state index in [2.05, 4.69) is 54.3 Å². The average Bonchev–Trinajstić information content (AvgIpc) is 3.71. The molecule has 0 aromatic heterocycles. The van der Waals surface area contributed by atoms with Gasteiger partial charge in [-0.15, -0.1) is 0 Å². The second kappa shape index (κ2) is 10.6. The average molecular weight is 494 g/mol. The fourth-order valence-corrected chi connectivity index (χ4v) is 5.54. The molecule has 3 nitrogen and oxygen atoms in total. The van der Waals surface area contributed by atoms with Gasteiger partial charge in [-0.1, -0.05) is 43.8 Å². The van der Waals surface area contributed by atoms with Crippen LogP contribution in [0.15, 0.2) is 75.6 Å². The van der Waals surface area contributed by atoms with Crippen LogP contribution in [0.5, 0.6) is 0 Å². The van der Waals surface area contributed by atoms with Gasteiger partial charge in [-0.3, -0.25) is 4.99 Å². The topological polar surface area (TPSA) is 27.6 Å². The largest absolute Gasteiger partial charge is 0.342 e. The number of hydrogen-bond acceptors (Lipinski definition) is 3. The van der Waals surface area contributed by atoms with E-state index in [0.717, 1.165) is 42.0 Å². The summed E-state index contributed by atoms with van der Waals surface area (Å²) in [6.07, 6.45) is 8.90. The summed E-state index contributed by atoms with van der Waals surface area (Å²) in [6.45, 7) is 17.0. The molecule has 2 aliphatic carbocycles. The molecule has 1 heterocycles. The van der Waals surface area contributed by atoms with Crippen molar-refractivity contribution < 1.29 is 4.39 Å². The molecular formula is C30H37ClFN3. The number of anilines is 1. The summed E-state index contributed by atoms with van der Waals surface area (Å²) in [4.78, 5) is 6.63. The van der Waals surface area contributed by atoms with Gasteiger partial charge in [0.2, 0.25) is 0 Å². The summed E-state index contributed by atoms with van der Waals surface area (Å²) in [7, 11) is 0. The van der Waals surface area contributed by atoms with E-state index < -0.39 is 0 Å². The summed E-state index contributed by atoms with van der Waals surface area (Å²) in [6, 6.07) is 4.55. The number of halogens is 2. The highest BCUT2D eigenvalue weighted by Crippen LogP contribution is 2.42. The van der Waals surface area contributed by atoms with E-state index >= 15 is 0 Å². The highest BCUT2D eigenvalue weighted by molar-refractivity contribution is 6.31. The van der Waals surface area contributed by atoms with E-state index in [1.165, 1.54) is 35.1 Å². The van der Waals surface area contributed by atoms with Gasteiger partial charge in [-0.2, -0.15) is 0 Å². The van der Waals surface area contributed by atoms with E-state index in [1.807, 2.05) is 13.8 Å². The van der Waals surface area contributed by atoms with Crippen LogP contribution in [0.4, 0.5) is 10.1 Å². The molecule has 1 N–H and O–H groups in total. The molecule has 1 aliphatic heterocycles. The smallest absolute Gasteiger partial charge is 0.121 e. The van der Waals surface area contributed by atoms with E-state index in [0.29, 0.717) is 29.6 Å². The van der Waals surface area contributed by atoms with E-state index in [-0.39, 0.29) is 11.7 Å².